The molecular formula is C22H24BrN3O4. The minimum atomic E-state index is -0.899. The number of para-hydroxylation sites is 1. The number of esters is 1. The van der Waals surface area contributed by atoms with Gasteiger partial charge in [0.2, 0.25) is 5.91 Å². The number of urea groups is 1. The molecular weight excluding hydrogens is 450 g/mol. The molecule has 0 saturated carbocycles. The molecule has 1 aliphatic heterocycles. The number of anilines is 1. The predicted molar refractivity (Wildman–Crippen MR) is 117 cm³/mol. The molecule has 8 heteroatoms. The van der Waals surface area contributed by atoms with Crippen LogP contribution in [0.15, 0.2) is 59.1 Å². The molecule has 0 bridgehead atoms. The molecule has 1 saturated heterocycles. The fourth-order valence-electron chi connectivity index (χ4n) is 3.41. The van der Waals surface area contributed by atoms with Crippen molar-refractivity contribution in [1.82, 2.24) is 10.2 Å². The highest BCUT2D eigenvalue weighted by Crippen LogP contribution is 2.22. The van der Waals surface area contributed by atoms with Crippen LogP contribution in [0.4, 0.5) is 10.5 Å². The van der Waals surface area contributed by atoms with Crippen molar-refractivity contribution in [2.24, 2.45) is 5.92 Å². The summed E-state index contributed by atoms with van der Waals surface area (Å²) in [6.07, 6.45) is 1.36. The number of piperidine rings is 1. The van der Waals surface area contributed by atoms with E-state index >= 15 is 0 Å². The lowest BCUT2D eigenvalue weighted by Gasteiger charge is -2.32. The minimum absolute atomic E-state index is 0.240. The molecule has 1 fully saturated rings. The van der Waals surface area contributed by atoms with Crippen molar-refractivity contribution >= 4 is 39.5 Å². The van der Waals surface area contributed by atoms with E-state index in [2.05, 4.69) is 26.6 Å². The van der Waals surface area contributed by atoms with E-state index in [1.807, 2.05) is 30.3 Å². The summed E-state index contributed by atoms with van der Waals surface area (Å²) in [6.45, 7) is 0.869. The Bertz CT molecular complexity index is 889. The van der Waals surface area contributed by atoms with Crippen LogP contribution in [0.3, 0.4) is 0 Å². The van der Waals surface area contributed by atoms with Gasteiger partial charge in [-0.3, -0.25) is 4.79 Å². The molecule has 3 amide bonds. The number of nitrogens with one attached hydrogen (secondary N) is 2. The summed E-state index contributed by atoms with van der Waals surface area (Å²) in [7, 11) is 1.29. The maximum atomic E-state index is 12.9. The Kier molecular flexibility index (Phi) is 7.46. The van der Waals surface area contributed by atoms with E-state index in [9.17, 15) is 14.4 Å². The monoisotopic (exact) mass is 473 g/mol. The molecule has 2 N–H and O–H groups in total. The van der Waals surface area contributed by atoms with Gasteiger partial charge < -0.3 is 20.3 Å². The number of likely N-dealkylation sites (tertiary alicyclic amines) is 1. The zero-order chi connectivity index (χ0) is 21.5. The summed E-state index contributed by atoms with van der Waals surface area (Å²) in [6, 6.07) is 15.2. The number of hydrogen-bond donors (Lipinski definition) is 2. The largest absolute Gasteiger partial charge is 0.467 e. The number of carbonyl (C=O) groups is 3. The van der Waals surface area contributed by atoms with Gasteiger partial charge in [0.1, 0.15) is 0 Å². The average molecular weight is 474 g/mol. The van der Waals surface area contributed by atoms with Crippen LogP contribution in [0.25, 0.3) is 0 Å². The Morgan fingerprint density at radius 1 is 1.10 bits per heavy atom. The normalized spacial score (nSPS) is 17.0. The molecule has 7 nitrogen and oxygen atoms in total. The molecule has 0 unspecified atom stereocenters. The van der Waals surface area contributed by atoms with Gasteiger partial charge in [-0.2, -0.15) is 0 Å². The second kappa shape index (κ2) is 10.2. The molecule has 1 heterocycles. The summed E-state index contributed by atoms with van der Waals surface area (Å²) >= 11 is 3.36. The highest BCUT2D eigenvalue weighted by Gasteiger charge is 2.32. The Balaban J connectivity index is 1.65. The van der Waals surface area contributed by atoms with Crippen LogP contribution in [0.1, 0.15) is 24.4 Å². The van der Waals surface area contributed by atoms with Crippen LogP contribution < -0.4 is 10.6 Å². The van der Waals surface area contributed by atoms with Gasteiger partial charge in [-0.1, -0.05) is 46.3 Å². The van der Waals surface area contributed by atoms with Crippen molar-refractivity contribution in [3.05, 3.63) is 64.6 Å². The van der Waals surface area contributed by atoms with Crippen molar-refractivity contribution in [2.45, 2.75) is 18.9 Å². The Morgan fingerprint density at radius 3 is 2.47 bits per heavy atom. The van der Waals surface area contributed by atoms with Crippen molar-refractivity contribution < 1.29 is 19.1 Å². The molecule has 0 aliphatic carbocycles. The number of hydrogen-bond acceptors (Lipinski definition) is 4. The lowest BCUT2D eigenvalue weighted by Crippen LogP contribution is -2.48. The van der Waals surface area contributed by atoms with Gasteiger partial charge in [0.15, 0.2) is 6.04 Å². The molecule has 3 rings (SSSR count). The van der Waals surface area contributed by atoms with Gasteiger partial charge in [0.05, 0.1) is 13.0 Å². The minimum Gasteiger partial charge on any atom is -0.467 e. The zero-order valence-corrected chi connectivity index (χ0v) is 18.2. The second-order valence-corrected chi connectivity index (χ2v) is 8.01. The van der Waals surface area contributed by atoms with Gasteiger partial charge >= 0.3 is 12.0 Å². The quantitative estimate of drug-likeness (QED) is 0.647. The van der Waals surface area contributed by atoms with Gasteiger partial charge in [-0.05, 0) is 42.7 Å². The summed E-state index contributed by atoms with van der Waals surface area (Å²) in [5.74, 6) is -1.21. The molecule has 2 aromatic carbocycles. The van der Waals surface area contributed by atoms with Crippen molar-refractivity contribution in [3.63, 3.8) is 0 Å². The number of halogens is 1. The van der Waals surface area contributed by atoms with Crippen molar-refractivity contribution in [1.29, 1.82) is 0 Å². The second-order valence-electron chi connectivity index (χ2n) is 7.10. The van der Waals surface area contributed by atoms with E-state index in [1.54, 1.807) is 29.2 Å². The number of benzene rings is 2. The number of nitrogens with zero attached hydrogens (tertiary/aromatic N) is 1. The fourth-order valence-corrected chi connectivity index (χ4v) is 3.68. The summed E-state index contributed by atoms with van der Waals surface area (Å²) < 4.78 is 5.74. The molecule has 0 aromatic heterocycles. The molecule has 2 atom stereocenters. The Hall–Kier alpha value is -2.87. The van der Waals surface area contributed by atoms with Gasteiger partial charge in [-0.15, -0.1) is 0 Å². The number of carbonyl (C=O) groups excluding carboxylic acids is 3. The summed E-state index contributed by atoms with van der Waals surface area (Å²) in [5, 5.41) is 5.64. The lowest BCUT2D eigenvalue weighted by atomic mass is 9.96. The highest BCUT2D eigenvalue weighted by molar-refractivity contribution is 9.10. The maximum absolute atomic E-state index is 12.9. The SMILES string of the molecule is COC(=O)[C@@H](NC(=O)[C@H]1CCCN(C(=O)Nc2ccccc2)C1)c1ccc(Br)cc1. The Morgan fingerprint density at radius 2 is 1.80 bits per heavy atom. The lowest BCUT2D eigenvalue weighted by molar-refractivity contribution is -0.146. The van der Waals surface area contributed by atoms with E-state index < -0.39 is 17.9 Å². The third-order valence-electron chi connectivity index (χ3n) is 5.03. The zero-order valence-electron chi connectivity index (χ0n) is 16.6. The smallest absolute Gasteiger partial charge is 0.333 e. The van der Waals surface area contributed by atoms with Crippen LogP contribution >= 0.6 is 15.9 Å². The number of rotatable bonds is 5. The topological polar surface area (TPSA) is 87.7 Å². The van der Waals surface area contributed by atoms with Gasteiger partial charge in [-0.25, -0.2) is 9.59 Å². The first kappa shape index (κ1) is 21.8. The molecule has 158 valence electrons. The van der Waals surface area contributed by atoms with Crippen LogP contribution in [0.5, 0.6) is 0 Å². The molecule has 0 spiro atoms. The van der Waals surface area contributed by atoms with Crippen LogP contribution in [0, 0.1) is 5.92 Å². The molecule has 2 aromatic rings. The van der Waals surface area contributed by atoms with Crippen molar-refractivity contribution in [2.75, 3.05) is 25.5 Å². The van der Waals surface area contributed by atoms with Gasteiger partial charge in [0, 0.05) is 23.2 Å². The van der Waals surface area contributed by atoms with Crippen LogP contribution in [-0.2, 0) is 14.3 Å². The Labute approximate surface area is 183 Å². The van der Waals surface area contributed by atoms with E-state index in [4.69, 9.17) is 4.74 Å². The number of ether oxygens (including phenoxy) is 1. The van der Waals surface area contributed by atoms with E-state index in [-0.39, 0.29) is 11.9 Å². The van der Waals surface area contributed by atoms with E-state index in [0.717, 1.165) is 4.47 Å². The first-order valence-electron chi connectivity index (χ1n) is 9.72. The van der Waals surface area contributed by atoms with E-state index in [0.29, 0.717) is 37.2 Å². The highest BCUT2D eigenvalue weighted by atomic mass is 79.9. The van der Waals surface area contributed by atoms with Gasteiger partial charge in [0.25, 0.3) is 0 Å². The molecule has 0 radical (unpaired) electrons. The van der Waals surface area contributed by atoms with Crippen molar-refractivity contribution in [3.8, 4) is 0 Å². The third-order valence-corrected chi connectivity index (χ3v) is 5.56. The standard InChI is InChI=1S/C22H24BrN3O4/c1-30-21(28)19(15-9-11-17(23)12-10-15)25-20(27)16-6-5-13-26(14-16)22(29)24-18-7-3-2-4-8-18/h2-4,7-12,16,19H,5-6,13-14H2,1H3,(H,24,29)(H,25,27)/t16-,19-/m0/s1. The summed E-state index contributed by atoms with van der Waals surface area (Å²) in [4.78, 5) is 39.4. The first-order chi connectivity index (χ1) is 14.5. The average Bonchev–Trinajstić information content (AvgIpc) is 2.78. The molecule has 30 heavy (non-hydrogen) atoms. The van der Waals surface area contributed by atoms with E-state index in [1.165, 1.54) is 7.11 Å². The number of amides is 3. The predicted octanol–water partition coefficient (Wildman–Crippen LogP) is 3.72. The summed E-state index contributed by atoms with van der Waals surface area (Å²) in [5.41, 5.74) is 1.34. The van der Waals surface area contributed by atoms with Crippen LogP contribution in [-0.4, -0.2) is 43.0 Å². The fraction of sp³-hybridized carbons (Fsp3) is 0.318. The van der Waals surface area contributed by atoms with Crippen LogP contribution in [0.2, 0.25) is 0 Å². The molecule has 1 aliphatic rings. The first-order valence-corrected chi connectivity index (χ1v) is 10.5. The number of methoxy groups -OCH3 is 1. The maximum Gasteiger partial charge on any atom is 0.333 e. The third kappa shape index (κ3) is 5.60.